The Morgan fingerprint density at radius 1 is 0.893 bits per heavy atom. The highest BCUT2D eigenvalue weighted by molar-refractivity contribution is 6.11. The molecular weight excluding hydrogens is 351 g/mol. The molecule has 0 radical (unpaired) electrons. The highest BCUT2D eigenvalue weighted by Gasteiger charge is 2.04. The molecular formula is C23H17FN4. The van der Waals surface area contributed by atoms with E-state index in [1.54, 1.807) is 18.3 Å². The lowest BCUT2D eigenvalue weighted by Crippen LogP contribution is -2.03. The molecule has 1 heterocycles. The summed E-state index contributed by atoms with van der Waals surface area (Å²) < 4.78 is 13.3. The molecule has 0 aliphatic heterocycles. The van der Waals surface area contributed by atoms with Crippen LogP contribution in [0.3, 0.4) is 0 Å². The van der Waals surface area contributed by atoms with Gasteiger partial charge in [0, 0.05) is 16.3 Å². The number of nitrogens with one attached hydrogen (secondary N) is 1. The standard InChI is InChI=1S/C23H17FN4/c24-20-13-11-18(12-14-20)22(15-10-17-6-2-1-3-7-17)26-28-23-21-9-5-4-8-19(21)16-25-27-23/h1-16H,(H,27,28)/b15-10+,26-22+. The number of benzene rings is 3. The van der Waals surface area contributed by atoms with Gasteiger partial charge in [-0.25, -0.2) is 4.39 Å². The van der Waals surface area contributed by atoms with Crippen LogP contribution in [0, 0.1) is 5.82 Å². The van der Waals surface area contributed by atoms with Crippen LogP contribution in [0.25, 0.3) is 16.8 Å². The predicted octanol–water partition coefficient (Wildman–Crippen LogP) is 5.30. The molecule has 0 spiro atoms. The maximum atomic E-state index is 13.3. The van der Waals surface area contributed by atoms with E-state index in [2.05, 4.69) is 20.7 Å². The van der Waals surface area contributed by atoms with E-state index in [0.717, 1.165) is 21.9 Å². The average Bonchev–Trinajstić information content (AvgIpc) is 2.75. The SMILES string of the molecule is Fc1ccc(C(/C=C/c2ccccc2)=N/Nc2nncc3ccccc23)cc1. The Labute approximate surface area is 162 Å². The Morgan fingerprint density at radius 3 is 2.46 bits per heavy atom. The second-order valence-corrected chi connectivity index (χ2v) is 6.14. The van der Waals surface area contributed by atoms with Gasteiger partial charge in [-0.3, -0.25) is 5.43 Å². The zero-order chi connectivity index (χ0) is 19.2. The molecule has 4 nitrogen and oxygen atoms in total. The zero-order valence-electron chi connectivity index (χ0n) is 15.0. The van der Waals surface area contributed by atoms with Crippen molar-refractivity contribution in [3.05, 3.63) is 108 Å². The molecule has 3 aromatic carbocycles. The van der Waals surface area contributed by atoms with E-state index in [1.807, 2.05) is 66.7 Å². The summed E-state index contributed by atoms with van der Waals surface area (Å²) in [5, 5.41) is 14.6. The van der Waals surface area contributed by atoms with Crippen LogP contribution in [-0.2, 0) is 0 Å². The van der Waals surface area contributed by atoms with E-state index < -0.39 is 0 Å². The summed E-state index contributed by atoms with van der Waals surface area (Å²) in [6.45, 7) is 0. The van der Waals surface area contributed by atoms with Crippen LogP contribution in [0.5, 0.6) is 0 Å². The third-order valence-electron chi connectivity index (χ3n) is 4.23. The van der Waals surface area contributed by atoms with E-state index in [1.165, 1.54) is 12.1 Å². The number of anilines is 1. The quantitative estimate of drug-likeness (QED) is 0.384. The van der Waals surface area contributed by atoms with E-state index >= 15 is 0 Å². The monoisotopic (exact) mass is 368 g/mol. The number of fused-ring (bicyclic) bond motifs is 1. The minimum absolute atomic E-state index is 0.289. The van der Waals surface area contributed by atoms with Crippen LogP contribution < -0.4 is 5.43 Å². The summed E-state index contributed by atoms with van der Waals surface area (Å²) in [6.07, 6.45) is 5.55. The number of hydrazone groups is 1. The molecule has 0 unspecified atom stereocenters. The first-order valence-corrected chi connectivity index (χ1v) is 8.83. The second kappa shape index (κ2) is 8.22. The Balaban J connectivity index is 1.69. The number of rotatable bonds is 5. The first-order chi connectivity index (χ1) is 13.8. The van der Waals surface area contributed by atoms with Gasteiger partial charge < -0.3 is 0 Å². The molecule has 1 N–H and O–H groups in total. The van der Waals surface area contributed by atoms with Crippen molar-refractivity contribution in [3.8, 4) is 0 Å². The number of halogens is 1. The summed E-state index contributed by atoms with van der Waals surface area (Å²) in [5.74, 6) is 0.272. The second-order valence-electron chi connectivity index (χ2n) is 6.14. The van der Waals surface area contributed by atoms with E-state index in [0.29, 0.717) is 11.5 Å². The first kappa shape index (κ1) is 17.5. The Morgan fingerprint density at radius 2 is 1.64 bits per heavy atom. The number of hydrogen-bond acceptors (Lipinski definition) is 4. The molecule has 0 atom stereocenters. The van der Waals surface area contributed by atoms with Gasteiger partial charge in [0.15, 0.2) is 5.82 Å². The molecule has 136 valence electrons. The molecule has 0 amide bonds. The molecule has 0 aliphatic rings. The van der Waals surface area contributed by atoms with Gasteiger partial charge in [-0.15, -0.1) is 5.10 Å². The van der Waals surface area contributed by atoms with Gasteiger partial charge in [0.05, 0.1) is 11.9 Å². The lowest BCUT2D eigenvalue weighted by Gasteiger charge is -2.06. The Hall–Kier alpha value is -3.86. The third-order valence-corrected chi connectivity index (χ3v) is 4.23. The van der Waals surface area contributed by atoms with E-state index in [-0.39, 0.29) is 5.82 Å². The molecule has 0 fully saturated rings. The third kappa shape index (κ3) is 4.10. The van der Waals surface area contributed by atoms with Crippen molar-refractivity contribution in [3.63, 3.8) is 0 Å². The van der Waals surface area contributed by atoms with Crippen molar-refractivity contribution in [2.75, 3.05) is 5.43 Å². The summed E-state index contributed by atoms with van der Waals surface area (Å²) in [4.78, 5) is 0. The highest BCUT2D eigenvalue weighted by atomic mass is 19.1. The van der Waals surface area contributed by atoms with Crippen LogP contribution in [0.1, 0.15) is 11.1 Å². The van der Waals surface area contributed by atoms with E-state index in [9.17, 15) is 4.39 Å². The maximum absolute atomic E-state index is 13.3. The molecule has 0 bridgehead atoms. The molecule has 28 heavy (non-hydrogen) atoms. The van der Waals surface area contributed by atoms with Crippen LogP contribution >= 0.6 is 0 Å². The van der Waals surface area contributed by atoms with Gasteiger partial charge in [0.1, 0.15) is 5.82 Å². The van der Waals surface area contributed by atoms with Crippen molar-refractivity contribution < 1.29 is 4.39 Å². The van der Waals surface area contributed by atoms with Gasteiger partial charge >= 0.3 is 0 Å². The van der Waals surface area contributed by atoms with Crippen LogP contribution in [0.4, 0.5) is 10.2 Å². The van der Waals surface area contributed by atoms with Crippen LogP contribution in [0.15, 0.2) is 96.2 Å². The minimum atomic E-state index is -0.289. The fourth-order valence-corrected chi connectivity index (χ4v) is 2.78. The lowest BCUT2D eigenvalue weighted by molar-refractivity contribution is 0.628. The lowest BCUT2D eigenvalue weighted by atomic mass is 10.1. The fraction of sp³-hybridized carbons (Fsp3) is 0. The smallest absolute Gasteiger partial charge is 0.176 e. The Kier molecular flexibility index (Phi) is 5.15. The number of allylic oxidation sites excluding steroid dienone is 1. The first-order valence-electron chi connectivity index (χ1n) is 8.83. The summed E-state index contributed by atoms with van der Waals surface area (Å²) >= 11 is 0. The number of nitrogens with zero attached hydrogens (tertiary/aromatic N) is 3. The normalized spacial score (nSPS) is 11.8. The van der Waals surface area contributed by atoms with Gasteiger partial charge in [0.2, 0.25) is 0 Å². The van der Waals surface area contributed by atoms with Crippen molar-refractivity contribution in [2.24, 2.45) is 5.10 Å². The largest absolute Gasteiger partial charge is 0.259 e. The van der Waals surface area contributed by atoms with Gasteiger partial charge in [0.25, 0.3) is 0 Å². The topological polar surface area (TPSA) is 50.2 Å². The maximum Gasteiger partial charge on any atom is 0.176 e. The summed E-state index contributed by atoms with van der Waals surface area (Å²) in [5.41, 5.74) is 5.49. The molecule has 4 rings (SSSR count). The van der Waals surface area contributed by atoms with Crippen LogP contribution in [-0.4, -0.2) is 15.9 Å². The minimum Gasteiger partial charge on any atom is -0.259 e. The van der Waals surface area contributed by atoms with Gasteiger partial charge in [-0.1, -0.05) is 60.7 Å². The Bertz CT molecular complexity index is 1130. The molecule has 5 heteroatoms. The van der Waals surface area contributed by atoms with E-state index in [4.69, 9.17) is 0 Å². The average molecular weight is 368 g/mol. The van der Waals surface area contributed by atoms with Gasteiger partial charge in [-0.2, -0.15) is 10.2 Å². The summed E-state index contributed by atoms with van der Waals surface area (Å²) in [6, 6.07) is 23.9. The van der Waals surface area contributed by atoms with Crippen molar-refractivity contribution in [1.82, 2.24) is 10.2 Å². The number of aromatic nitrogens is 2. The molecule has 1 aromatic heterocycles. The molecule has 0 aliphatic carbocycles. The van der Waals surface area contributed by atoms with Crippen LogP contribution in [0.2, 0.25) is 0 Å². The van der Waals surface area contributed by atoms with Crippen molar-refractivity contribution in [1.29, 1.82) is 0 Å². The molecule has 4 aromatic rings. The predicted molar refractivity (Wildman–Crippen MR) is 112 cm³/mol. The van der Waals surface area contributed by atoms with Crippen molar-refractivity contribution in [2.45, 2.75) is 0 Å². The van der Waals surface area contributed by atoms with Crippen molar-refractivity contribution >= 4 is 28.4 Å². The summed E-state index contributed by atoms with van der Waals surface area (Å²) in [7, 11) is 0. The fourth-order valence-electron chi connectivity index (χ4n) is 2.78. The zero-order valence-corrected chi connectivity index (χ0v) is 15.0. The molecule has 0 saturated carbocycles. The van der Waals surface area contributed by atoms with Gasteiger partial charge in [-0.05, 0) is 35.9 Å². The molecule has 0 saturated heterocycles. The number of hydrogen-bond donors (Lipinski definition) is 1. The highest BCUT2D eigenvalue weighted by Crippen LogP contribution is 2.19.